The summed E-state index contributed by atoms with van der Waals surface area (Å²) in [6.07, 6.45) is 2.56. The number of nitrogens with one attached hydrogen (secondary N) is 1. The number of pyridine rings is 2. The molecule has 0 bridgehead atoms. The summed E-state index contributed by atoms with van der Waals surface area (Å²) in [5.74, 6) is 1.15. The van der Waals surface area contributed by atoms with Gasteiger partial charge in [0.15, 0.2) is 0 Å². The van der Waals surface area contributed by atoms with Crippen LogP contribution in [0, 0.1) is 19.8 Å². The Hall–Kier alpha value is -2.75. The Kier molecular flexibility index (Phi) is 6.41. The number of carbonyl (C=O) groups excluding carboxylic acids is 1. The van der Waals surface area contributed by atoms with Crippen LogP contribution in [0.25, 0.3) is 10.2 Å². The van der Waals surface area contributed by atoms with Gasteiger partial charge < -0.3 is 26.4 Å². The average Bonchev–Trinajstić information content (AvgIpc) is 3.38. The van der Waals surface area contributed by atoms with E-state index in [1.54, 1.807) is 7.11 Å². The highest BCUT2D eigenvalue weighted by atomic mass is 32.1. The lowest BCUT2D eigenvalue weighted by Crippen LogP contribution is -2.39. The third kappa shape index (κ3) is 4.48. The molecule has 8 nitrogen and oxygen atoms in total. The summed E-state index contributed by atoms with van der Waals surface area (Å²) in [5.41, 5.74) is 17.6. The van der Waals surface area contributed by atoms with Crippen LogP contribution in [0.4, 0.5) is 11.5 Å². The Morgan fingerprint density at radius 1 is 1.29 bits per heavy atom. The summed E-state index contributed by atoms with van der Waals surface area (Å²) in [6.45, 7) is 7.68. The second-order valence-electron chi connectivity index (χ2n) is 9.97. The smallest absolute Gasteiger partial charge is 0.263 e. The topological polar surface area (TPSA) is 119 Å². The first-order chi connectivity index (χ1) is 16.7. The van der Waals surface area contributed by atoms with Gasteiger partial charge in [-0.05, 0) is 63.3 Å². The molecule has 5 N–H and O–H groups in total. The van der Waals surface area contributed by atoms with E-state index in [4.69, 9.17) is 21.2 Å². The molecular formula is C26H34N6O2S. The highest BCUT2D eigenvalue weighted by Gasteiger charge is 2.35. The lowest BCUT2D eigenvalue weighted by molar-refractivity contribution is 0.0692. The van der Waals surface area contributed by atoms with Crippen LogP contribution in [0.3, 0.4) is 0 Å². The summed E-state index contributed by atoms with van der Waals surface area (Å²) in [7, 11) is 1.74. The van der Waals surface area contributed by atoms with E-state index in [0.717, 1.165) is 65.3 Å². The van der Waals surface area contributed by atoms with Crippen LogP contribution >= 0.6 is 11.3 Å². The van der Waals surface area contributed by atoms with Gasteiger partial charge in [-0.3, -0.25) is 4.79 Å². The number of amides is 1. The van der Waals surface area contributed by atoms with E-state index < -0.39 is 0 Å². The first-order valence-corrected chi connectivity index (χ1v) is 13.1. The molecule has 1 saturated heterocycles. The molecule has 1 aliphatic heterocycles. The van der Waals surface area contributed by atoms with Crippen LogP contribution < -0.4 is 21.7 Å². The monoisotopic (exact) mass is 494 g/mol. The number of carbonyl (C=O) groups is 1. The summed E-state index contributed by atoms with van der Waals surface area (Å²) >= 11 is 1.37. The molecule has 1 fully saturated rings. The summed E-state index contributed by atoms with van der Waals surface area (Å²) < 4.78 is 5.52. The fraction of sp³-hybridized carbons (Fsp3) is 0.500. The van der Waals surface area contributed by atoms with Crippen LogP contribution in [-0.4, -0.2) is 54.3 Å². The number of nitrogens with zero attached hydrogens (tertiary/aromatic N) is 3. The molecule has 3 aromatic rings. The Morgan fingerprint density at radius 3 is 2.86 bits per heavy atom. The van der Waals surface area contributed by atoms with Crippen molar-refractivity contribution < 1.29 is 9.53 Å². The van der Waals surface area contributed by atoms with Crippen molar-refractivity contribution in [3.05, 3.63) is 45.6 Å². The van der Waals surface area contributed by atoms with Gasteiger partial charge in [0.25, 0.3) is 5.91 Å². The molecule has 35 heavy (non-hydrogen) atoms. The average molecular weight is 495 g/mol. The number of thiophene rings is 1. The van der Waals surface area contributed by atoms with Crippen molar-refractivity contribution in [3.8, 4) is 0 Å². The normalized spacial score (nSPS) is 22.9. The lowest BCUT2D eigenvalue weighted by Gasteiger charge is -2.27. The number of methoxy groups -OCH3 is 1. The van der Waals surface area contributed by atoms with Gasteiger partial charge in [0.05, 0.1) is 11.8 Å². The molecule has 0 radical (unpaired) electrons. The highest BCUT2D eigenvalue weighted by molar-refractivity contribution is 7.21. The fourth-order valence-corrected chi connectivity index (χ4v) is 6.62. The molecule has 2 aliphatic rings. The zero-order valence-corrected chi connectivity index (χ0v) is 21.6. The van der Waals surface area contributed by atoms with Crippen LogP contribution in [0.2, 0.25) is 0 Å². The predicted octanol–water partition coefficient (Wildman–Crippen LogP) is 2.98. The molecule has 0 aromatic carbocycles. The van der Waals surface area contributed by atoms with Gasteiger partial charge in [-0.25, -0.2) is 9.97 Å². The van der Waals surface area contributed by atoms with Gasteiger partial charge >= 0.3 is 0 Å². The molecular weight excluding hydrogens is 460 g/mol. The number of hydrogen-bond donors (Lipinski definition) is 3. The highest BCUT2D eigenvalue weighted by Crippen LogP contribution is 2.35. The molecule has 3 aromatic heterocycles. The Balaban J connectivity index is 1.27. The van der Waals surface area contributed by atoms with Gasteiger partial charge in [-0.15, -0.1) is 11.3 Å². The minimum Gasteiger partial charge on any atom is -0.397 e. The van der Waals surface area contributed by atoms with Gasteiger partial charge in [0, 0.05) is 55.0 Å². The number of aromatic nitrogens is 2. The van der Waals surface area contributed by atoms with Gasteiger partial charge in [-0.2, -0.15) is 0 Å². The Bertz CT molecular complexity index is 1270. The van der Waals surface area contributed by atoms with E-state index in [-0.39, 0.29) is 24.1 Å². The molecule has 4 unspecified atom stereocenters. The summed E-state index contributed by atoms with van der Waals surface area (Å²) in [5, 5.41) is 4.10. The van der Waals surface area contributed by atoms with E-state index in [2.05, 4.69) is 34.3 Å². The van der Waals surface area contributed by atoms with Crippen molar-refractivity contribution in [2.75, 3.05) is 30.8 Å². The number of nitrogen functional groups attached to an aromatic ring is 1. The van der Waals surface area contributed by atoms with Gasteiger partial charge in [0.2, 0.25) is 0 Å². The minimum atomic E-state index is -0.120. The predicted molar refractivity (Wildman–Crippen MR) is 141 cm³/mol. The third-order valence-corrected chi connectivity index (χ3v) is 8.62. The molecule has 186 valence electrons. The SMILES string of the molecule is COC(C)C1CN(c2ccc3c(n2)CCC(NC(=O)c2sc4nc(C)cc(C)c4c2N)C3)CC1N. The van der Waals surface area contributed by atoms with Crippen LogP contribution in [0.15, 0.2) is 18.2 Å². The van der Waals surface area contributed by atoms with Crippen molar-refractivity contribution in [2.45, 2.75) is 58.2 Å². The largest absolute Gasteiger partial charge is 0.397 e. The van der Waals surface area contributed by atoms with Crippen molar-refractivity contribution in [2.24, 2.45) is 11.7 Å². The standard InChI is InChI=1S/C26H34N6O2S/c1-13-9-14(2)29-26-22(13)23(28)24(35-26)25(33)30-17-6-7-20-16(10-17)5-8-21(31-20)32-11-18(15(3)34-4)19(27)12-32/h5,8-9,15,17-19H,6-7,10-12,27-28H2,1-4H3,(H,30,33). The molecule has 1 aliphatic carbocycles. The number of fused-ring (bicyclic) bond motifs is 2. The number of rotatable bonds is 5. The molecule has 4 heterocycles. The maximum absolute atomic E-state index is 13.1. The van der Waals surface area contributed by atoms with Crippen molar-refractivity contribution in [3.63, 3.8) is 0 Å². The maximum atomic E-state index is 13.1. The van der Waals surface area contributed by atoms with Crippen molar-refractivity contribution in [1.82, 2.24) is 15.3 Å². The summed E-state index contributed by atoms with van der Waals surface area (Å²) in [6, 6.07) is 6.36. The Morgan fingerprint density at radius 2 is 2.09 bits per heavy atom. The zero-order chi connectivity index (χ0) is 24.9. The van der Waals surface area contributed by atoms with E-state index in [0.29, 0.717) is 16.5 Å². The summed E-state index contributed by atoms with van der Waals surface area (Å²) in [4.78, 5) is 26.3. The van der Waals surface area contributed by atoms with E-state index in [1.807, 2.05) is 19.9 Å². The fourth-order valence-electron chi connectivity index (χ4n) is 5.50. The first kappa shape index (κ1) is 24.0. The first-order valence-electron chi connectivity index (χ1n) is 12.2. The number of ether oxygens (including phenoxy) is 1. The second kappa shape index (κ2) is 9.37. The zero-order valence-electron chi connectivity index (χ0n) is 20.8. The molecule has 9 heteroatoms. The van der Waals surface area contributed by atoms with Crippen molar-refractivity contribution >= 4 is 39.0 Å². The Labute approximate surface area is 210 Å². The molecule has 0 saturated carbocycles. The third-order valence-electron chi connectivity index (χ3n) is 7.53. The van der Waals surface area contributed by atoms with Crippen LogP contribution in [0.5, 0.6) is 0 Å². The van der Waals surface area contributed by atoms with Crippen LogP contribution in [-0.2, 0) is 17.6 Å². The molecule has 0 spiro atoms. The molecule has 5 rings (SSSR count). The number of aryl methyl sites for hydroxylation is 3. The van der Waals surface area contributed by atoms with Crippen molar-refractivity contribution in [1.29, 1.82) is 0 Å². The van der Waals surface area contributed by atoms with Crippen LogP contribution in [0.1, 0.15) is 45.5 Å². The molecule has 4 atom stereocenters. The van der Waals surface area contributed by atoms with E-state index in [9.17, 15) is 4.79 Å². The van der Waals surface area contributed by atoms with E-state index in [1.165, 1.54) is 16.9 Å². The number of hydrogen-bond acceptors (Lipinski definition) is 8. The number of anilines is 2. The lowest BCUT2D eigenvalue weighted by atomic mass is 9.91. The second-order valence-corrected chi connectivity index (χ2v) is 11.0. The number of nitrogens with two attached hydrogens (primary N) is 2. The maximum Gasteiger partial charge on any atom is 0.263 e. The molecule has 1 amide bonds. The minimum absolute atomic E-state index is 0.0511. The van der Waals surface area contributed by atoms with Gasteiger partial charge in [0.1, 0.15) is 15.5 Å². The van der Waals surface area contributed by atoms with E-state index >= 15 is 0 Å². The van der Waals surface area contributed by atoms with Gasteiger partial charge in [-0.1, -0.05) is 6.07 Å². The quantitative estimate of drug-likeness (QED) is 0.499.